The van der Waals surface area contributed by atoms with Gasteiger partial charge in [-0.1, -0.05) is 0 Å². The lowest BCUT2D eigenvalue weighted by Crippen LogP contribution is -2.36. The summed E-state index contributed by atoms with van der Waals surface area (Å²) in [6.07, 6.45) is 1.89. The number of thiazole rings is 2. The molecule has 0 saturated heterocycles. The third-order valence-corrected chi connectivity index (χ3v) is 4.77. The van der Waals surface area contributed by atoms with Crippen molar-refractivity contribution >= 4 is 28.6 Å². The molecular formula is C13H19N5S2. The maximum absolute atomic E-state index is 4.50. The van der Waals surface area contributed by atoms with Gasteiger partial charge in [-0.05, 0) is 20.8 Å². The zero-order valence-electron chi connectivity index (χ0n) is 12.1. The molecule has 0 spiro atoms. The number of aliphatic imine (C=N–C) groups is 1. The molecule has 0 saturated carbocycles. The van der Waals surface area contributed by atoms with Crippen LogP contribution in [0.15, 0.2) is 11.2 Å². The van der Waals surface area contributed by atoms with Crippen LogP contribution < -0.4 is 10.6 Å². The summed E-state index contributed by atoms with van der Waals surface area (Å²) in [5, 5.41) is 8.66. The fraction of sp³-hybridized carbons (Fsp3) is 0.462. The van der Waals surface area contributed by atoms with Gasteiger partial charge in [-0.3, -0.25) is 4.99 Å². The van der Waals surface area contributed by atoms with E-state index in [0.717, 1.165) is 21.7 Å². The first-order chi connectivity index (χ1) is 9.58. The molecule has 0 aliphatic carbocycles. The van der Waals surface area contributed by atoms with Gasteiger partial charge in [-0.2, -0.15) is 0 Å². The zero-order valence-corrected chi connectivity index (χ0v) is 13.8. The highest BCUT2D eigenvalue weighted by Crippen LogP contribution is 2.15. The molecule has 108 valence electrons. The molecule has 5 nitrogen and oxygen atoms in total. The smallest absolute Gasteiger partial charge is 0.191 e. The number of nitrogens with zero attached hydrogens (tertiary/aromatic N) is 3. The van der Waals surface area contributed by atoms with Crippen LogP contribution in [-0.4, -0.2) is 23.0 Å². The van der Waals surface area contributed by atoms with Crippen molar-refractivity contribution in [1.29, 1.82) is 0 Å². The van der Waals surface area contributed by atoms with Crippen LogP contribution in [0.5, 0.6) is 0 Å². The van der Waals surface area contributed by atoms with Crippen molar-refractivity contribution in [2.75, 3.05) is 7.05 Å². The lowest BCUT2D eigenvalue weighted by molar-refractivity contribution is 0.800. The summed E-state index contributed by atoms with van der Waals surface area (Å²) < 4.78 is 0. The van der Waals surface area contributed by atoms with E-state index in [-0.39, 0.29) is 0 Å². The number of hydrogen-bond acceptors (Lipinski definition) is 5. The highest BCUT2D eigenvalue weighted by atomic mass is 32.1. The van der Waals surface area contributed by atoms with Gasteiger partial charge in [0.2, 0.25) is 0 Å². The summed E-state index contributed by atoms with van der Waals surface area (Å²) >= 11 is 3.41. The largest absolute Gasteiger partial charge is 0.350 e. The minimum atomic E-state index is 0.689. The molecule has 2 N–H and O–H groups in total. The van der Waals surface area contributed by atoms with E-state index in [9.17, 15) is 0 Å². The Kier molecular flexibility index (Phi) is 5.08. The monoisotopic (exact) mass is 309 g/mol. The third kappa shape index (κ3) is 4.01. The molecule has 0 atom stereocenters. The van der Waals surface area contributed by atoms with Crippen LogP contribution in [0.2, 0.25) is 0 Å². The lowest BCUT2D eigenvalue weighted by atomic mass is 10.4. The number of hydrogen-bond donors (Lipinski definition) is 2. The maximum atomic E-state index is 4.50. The van der Waals surface area contributed by atoms with Crippen molar-refractivity contribution in [1.82, 2.24) is 20.6 Å². The first kappa shape index (κ1) is 14.9. The molecule has 2 rings (SSSR count). The number of rotatable bonds is 4. The molecule has 0 bridgehead atoms. The van der Waals surface area contributed by atoms with Gasteiger partial charge in [0.25, 0.3) is 0 Å². The van der Waals surface area contributed by atoms with E-state index in [1.807, 2.05) is 13.1 Å². The average Bonchev–Trinajstić information content (AvgIpc) is 2.97. The molecule has 7 heteroatoms. The van der Waals surface area contributed by atoms with E-state index in [1.165, 1.54) is 9.75 Å². The minimum absolute atomic E-state index is 0.689. The topological polar surface area (TPSA) is 62.2 Å². The second kappa shape index (κ2) is 6.81. The van der Waals surface area contributed by atoms with Crippen molar-refractivity contribution in [3.05, 3.63) is 31.7 Å². The van der Waals surface area contributed by atoms with Gasteiger partial charge in [-0.15, -0.1) is 22.7 Å². The molecule has 2 aromatic heterocycles. The van der Waals surface area contributed by atoms with Gasteiger partial charge in [0, 0.05) is 23.0 Å². The van der Waals surface area contributed by atoms with Crippen LogP contribution in [0.1, 0.15) is 25.5 Å². The van der Waals surface area contributed by atoms with Crippen LogP contribution >= 0.6 is 22.7 Å². The minimum Gasteiger partial charge on any atom is -0.350 e. The summed E-state index contributed by atoms with van der Waals surface area (Å²) in [4.78, 5) is 15.5. The molecule has 2 heterocycles. The van der Waals surface area contributed by atoms with E-state index in [0.29, 0.717) is 13.1 Å². The predicted molar refractivity (Wildman–Crippen MR) is 85.5 cm³/mol. The quantitative estimate of drug-likeness (QED) is 0.672. The van der Waals surface area contributed by atoms with E-state index in [2.05, 4.69) is 39.4 Å². The van der Waals surface area contributed by atoms with Crippen molar-refractivity contribution in [2.45, 2.75) is 33.9 Å². The summed E-state index contributed by atoms with van der Waals surface area (Å²) in [6, 6.07) is 0. The third-order valence-electron chi connectivity index (χ3n) is 2.78. The van der Waals surface area contributed by atoms with E-state index < -0.39 is 0 Å². The Balaban J connectivity index is 1.83. The van der Waals surface area contributed by atoms with Crippen molar-refractivity contribution in [3.63, 3.8) is 0 Å². The van der Waals surface area contributed by atoms with Crippen molar-refractivity contribution in [2.24, 2.45) is 4.99 Å². The second-order valence-electron chi connectivity index (χ2n) is 4.39. The Labute approximate surface area is 127 Å². The summed E-state index contributed by atoms with van der Waals surface area (Å²) in [6.45, 7) is 7.56. The lowest BCUT2D eigenvalue weighted by Gasteiger charge is -2.09. The van der Waals surface area contributed by atoms with Crippen LogP contribution in [0, 0.1) is 20.8 Å². The van der Waals surface area contributed by atoms with Crippen molar-refractivity contribution < 1.29 is 0 Å². The molecule has 0 unspecified atom stereocenters. The molecule has 0 aliphatic rings. The SMILES string of the molecule is CN=C(NCc1ncc(C)s1)NCc1nc(C)c(C)s1. The summed E-state index contributed by atoms with van der Waals surface area (Å²) in [5.41, 5.74) is 1.10. The molecule has 0 aromatic carbocycles. The predicted octanol–water partition coefficient (Wildman–Crippen LogP) is 2.39. The van der Waals surface area contributed by atoms with Crippen LogP contribution in [-0.2, 0) is 13.1 Å². The number of aryl methyl sites for hydroxylation is 3. The summed E-state index contributed by atoms with van der Waals surface area (Å²) in [5.74, 6) is 0.767. The molecule has 0 fully saturated rings. The Morgan fingerprint density at radius 3 is 2.35 bits per heavy atom. The van der Waals surface area contributed by atoms with Gasteiger partial charge in [-0.25, -0.2) is 9.97 Å². The first-order valence-electron chi connectivity index (χ1n) is 6.37. The number of guanidine groups is 1. The average molecular weight is 309 g/mol. The molecule has 0 amide bonds. The Bertz CT molecular complexity index is 580. The van der Waals surface area contributed by atoms with E-state index >= 15 is 0 Å². The van der Waals surface area contributed by atoms with Gasteiger partial charge < -0.3 is 10.6 Å². The molecule has 0 aliphatic heterocycles. The van der Waals surface area contributed by atoms with Crippen LogP contribution in [0.3, 0.4) is 0 Å². The van der Waals surface area contributed by atoms with E-state index in [1.54, 1.807) is 29.7 Å². The second-order valence-corrected chi connectivity index (χ2v) is 7.00. The first-order valence-corrected chi connectivity index (χ1v) is 8.00. The maximum Gasteiger partial charge on any atom is 0.191 e. The van der Waals surface area contributed by atoms with Gasteiger partial charge in [0.05, 0.1) is 18.8 Å². The number of aromatic nitrogens is 2. The normalized spacial score (nSPS) is 11.7. The van der Waals surface area contributed by atoms with Crippen molar-refractivity contribution in [3.8, 4) is 0 Å². The molecule has 2 aromatic rings. The summed E-state index contributed by atoms with van der Waals surface area (Å²) in [7, 11) is 1.76. The number of nitrogens with one attached hydrogen (secondary N) is 2. The zero-order chi connectivity index (χ0) is 14.5. The Morgan fingerprint density at radius 1 is 1.15 bits per heavy atom. The fourth-order valence-corrected chi connectivity index (χ4v) is 3.24. The van der Waals surface area contributed by atoms with Crippen LogP contribution in [0.4, 0.5) is 0 Å². The van der Waals surface area contributed by atoms with Crippen LogP contribution in [0.25, 0.3) is 0 Å². The fourth-order valence-electron chi connectivity index (χ4n) is 1.64. The standard InChI is InChI=1S/C13H19N5S2/c1-8-5-15-11(19-8)6-16-13(14-4)17-7-12-18-9(2)10(3)20-12/h5H,6-7H2,1-4H3,(H2,14,16,17). The van der Waals surface area contributed by atoms with Gasteiger partial charge in [0.15, 0.2) is 5.96 Å². The van der Waals surface area contributed by atoms with Gasteiger partial charge >= 0.3 is 0 Å². The Hall–Kier alpha value is -1.47. The Morgan fingerprint density at radius 2 is 1.85 bits per heavy atom. The molecule has 20 heavy (non-hydrogen) atoms. The molecular weight excluding hydrogens is 290 g/mol. The highest BCUT2D eigenvalue weighted by molar-refractivity contribution is 7.11. The highest BCUT2D eigenvalue weighted by Gasteiger charge is 2.05. The van der Waals surface area contributed by atoms with E-state index in [4.69, 9.17) is 0 Å². The molecule has 0 radical (unpaired) electrons. The van der Waals surface area contributed by atoms with Gasteiger partial charge in [0.1, 0.15) is 10.0 Å².